The minimum atomic E-state index is -1.22. The minimum absolute atomic E-state index is 0.113. The lowest BCUT2D eigenvalue weighted by molar-refractivity contribution is -0.150. The third-order valence-corrected chi connectivity index (χ3v) is 7.69. The molecule has 2 unspecified atom stereocenters. The van der Waals surface area contributed by atoms with Gasteiger partial charge in [-0.05, 0) is 12.5 Å². The van der Waals surface area contributed by atoms with Gasteiger partial charge in [0.25, 0.3) is 5.91 Å². The zero-order valence-electron chi connectivity index (χ0n) is 16.4. The molecule has 0 saturated carbocycles. The van der Waals surface area contributed by atoms with Crippen LogP contribution in [-0.2, 0) is 27.2 Å². The van der Waals surface area contributed by atoms with Crippen LogP contribution < -0.4 is 5.32 Å². The van der Waals surface area contributed by atoms with Crippen molar-refractivity contribution >= 4 is 53.5 Å². The Morgan fingerprint density at radius 2 is 2.19 bits per heavy atom. The van der Waals surface area contributed by atoms with E-state index in [1.165, 1.54) is 28.0 Å². The summed E-state index contributed by atoms with van der Waals surface area (Å²) >= 11 is 7.23. The highest BCUT2D eigenvalue weighted by Gasteiger charge is 2.54. The van der Waals surface area contributed by atoms with Gasteiger partial charge in [0.2, 0.25) is 11.8 Å². The first kappa shape index (κ1) is 21.8. The van der Waals surface area contributed by atoms with Crippen molar-refractivity contribution in [2.45, 2.75) is 43.4 Å². The molecule has 11 nitrogen and oxygen atoms in total. The minimum Gasteiger partial charge on any atom is -0.477 e. The van der Waals surface area contributed by atoms with Gasteiger partial charge in [0.1, 0.15) is 27.1 Å². The molecule has 14 heteroatoms. The van der Waals surface area contributed by atoms with Crippen molar-refractivity contribution in [3.63, 3.8) is 0 Å². The summed E-state index contributed by atoms with van der Waals surface area (Å²) in [6.07, 6.45) is 0.422. The fraction of sp³-hybridized carbons (Fsp3) is 0.471. The number of thioether (sulfide) groups is 1. The number of fused-ring (bicyclic) bond motifs is 1. The number of thiol groups is 1. The second-order valence-corrected chi connectivity index (χ2v) is 9.67. The van der Waals surface area contributed by atoms with Gasteiger partial charge in [-0.1, -0.05) is 12.1 Å². The Hall–Kier alpha value is -2.45. The highest BCUT2D eigenvalue weighted by atomic mass is 32.2. The highest BCUT2D eigenvalue weighted by Crippen LogP contribution is 2.45. The zero-order valence-corrected chi connectivity index (χ0v) is 19.0. The number of carbonyl (C=O) groups is 3. The van der Waals surface area contributed by atoms with Gasteiger partial charge in [-0.25, -0.2) is 4.79 Å². The number of rotatable bonds is 7. The summed E-state index contributed by atoms with van der Waals surface area (Å²) in [6, 6.07) is -0.826. The Labute approximate surface area is 190 Å². The predicted molar refractivity (Wildman–Crippen MR) is 113 cm³/mol. The van der Waals surface area contributed by atoms with E-state index >= 15 is 0 Å². The Balaban J connectivity index is 1.49. The van der Waals surface area contributed by atoms with Crippen molar-refractivity contribution in [3.8, 4) is 0 Å². The second-order valence-electron chi connectivity index (χ2n) is 6.83. The predicted octanol–water partition coefficient (Wildman–Crippen LogP) is 0.744. The van der Waals surface area contributed by atoms with Gasteiger partial charge in [-0.2, -0.15) is 17.6 Å². The molecular weight excluding hydrogens is 464 g/mol. The molecule has 4 heterocycles. The van der Waals surface area contributed by atoms with Crippen molar-refractivity contribution in [2.75, 3.05) is 5.75 Å². The lowest BCUT2D eigenvalue weighted by Crippen LogP contribution is -2.70. The third-order valence-electron chi connectivity index (χ3n) is 4.75. The molecule has 0 aliphatic carbocycles. The van der Waals surface area contributed by atoms with Crippen molar-refractivity contribution in [1.29, 1.82) is 0 Å². The zero-order chi connectivity index (χ0) is 22.3. The third kappa shape index (κ3) is 4.06. The van der Waals surface area contributed by atoms with E-state index < -0.39 is 34.4 Å². The van der Waals surface area contributed by atoms with Crippen molar-refractivity contribution in [1.82, 2.24) is 30.6 Å². The van der Waals surface area contributed by atoms with Crippen LogP contribution in [0.1, 0.15) is 33.9 Å². The van der Waals surface area contributed by atoms with Crippen LogP contribution in [0.4, 0.5) is 0 Å². The number of hydrogen-bond donors (Lipinski definition) is 3. The molecule has 3 atom stereocenters. The van der Waals surface area contributed by atoms with E-state index in [1.54, 1.807) is 6.92 Å². The summed E-state index contributed by atoms with van der Waals surface area (Å²) in [4.78, 5) is 42.4. The SMILES string of the molecule is CCc1nc(CC(=O)NC2C(=O)N3C(C(=O)O)=C(C(S)c4nnc(C)s4)CS[C@H]23)no1. The lowest BCUT2D eigenvalue weighted by Gasteiger charge is -2.49. The smallest absolute Gasteiger partial charge is 0.352 e. The Bertz CT molecular complexity index is 1080. The number of aliphatic carboxylic acids is 1. The van der Waals surface area contributed by atoms with Crippen LogP contribution in [0.2, 0.25) is 0 Å². The fourth-order valence-corrected chi connectivity index (χ4v) is 5.95. The maximum absolute atomic E-state index is 12.8. The molecule has 2 aromatic heterocycles. The monoisotopic (exact) mass is 482 g/mol. The van der Waals surface area contributed by atoms with Gasteiger partial charge in [-0.3, -0.25) is 14.5 Å². The van der Waals surface area contributed by atoms with E-state index in [1.807, 2.05) is 6.92 Å². The number of carbonyl (C=O) groups excluding carboxylic acids is 2. The van der Waals surface area contributed by atoms with Gasteiger partial charge < -0.3 is 14.9 Å². The number of amides is 2. The first-order chi connectivity index (χ1) is 14.8. The van der Waals surface area contributed by atoms with Crippen LogP contribution in [-0.4, -0.2) is 65.3 Å². The molecule has 164 valence electrons. The molecular formula is C17H18N6O5S3. The number of nitrogens with one attached hydrogen (secondary N) is 1. The molecule has 2 aliphatic heterocycles. The van der Waals surface area contributed by atoms with Crippen LogP contribution in [0.5, 0.6) is 0 Å². The number of aromatic nitrogens is 4. The average Bonchev–Trinajstić information content (AvgIpc) is 3.38. The number of aryl methyl sites for hydroxylation is 2. The summed E-state index contributed by atoms with van der Waals surface area (Å²) in [6.45, 7) is 3.65. The summed E-state index contributed by atoms with van der Waals surface area (Å²) in [7, 11) is 0. The number of carboxylic acids is 1. The molecule has 4 rings (SSSR count). The van der Waals surface area contributed by atoms with Crippen LogP contribution in [0.3, 0.4) is 0 Å². The highest BCUT2D eigenvalue weighted by molar-refractivity contribution is 8.00. The molecule has 2 N–H and O–H groups in total. The quantitative estimate of drug-likeness (QED) is 0.381. The largest absolute Gasteiger partial charge is 0.477 e. The number of nitrogens with zero attached hydrogens (tertiary/aromatic N) is 5. The topological polar surface area (TPSA) is 151 Å². The Morgan fingerprint density at radius 1 is 1.42 bits per heavy atom. The molecule has 31 heavy (non-hydrogen) atoms. The van der Waals surface area contributed by atoms with Crippen molar-refractivity contribution in [2.24, 2.45) is 0 Å². The molecule has 1 saturated heterocycles. The van der Waals surface area contributed by atoms with Crippen LogP contribution in [0.25, 0.3) is 0 Å². The van der Waals surface area contributed by atoms with Crippen molar-refractivity contribution < 1.29 is 24.0 Å². The Kier molecular flexibility index (Phi) is 6.03. The molecule has 2 aromatic rings. The molecule has 0 aromatic carbocycles. The van der Waals surface area contributed by atoms with Gasteiger partial charge in [0.15, 0.2) is 5.82 Å². The lowest BCUT2D eigenvalue weighted by atomic mass is 10.0. The van der Waals surface area contributed by atoms with Gasteiger partial charge in [0, 0.05) is 12.2 Å². The molecule has 0 bridgehead atoms. The van der Waals surface area contributed by atoms with Crippen molar-refractivity contribution in [3.05, 3.63) is 33.0 Å². The second kappa shape index (κ2) is 8.59. The van der Waals surface area contributed by atoms with Gasteiger partial charge >= 0.3 is 5.97 Å². The molecule has 0 spiro atoms. The summed E-state index contributed by atoms with van der Waals surface area (Å²) in [5, 5.41) is 24.4. The van der Waals surface area contributed by atoms with E-state index in [4.69, 9.17) is 4.52 Å². The van der Waals surface area contributed by atoms with Crippen LogP contribution in [0.15, 0.2) is 15.8 Å². The molecule has 2 aliphatic rings. The summed E-state index contributed by atoms with van der Waals surface area (Å²) < 4.78 is 4.97. The number of hydrogen-bond acceptors (Lipinski definition) is 11. The first-order valence-corrected chi connectivity index (χ1v) is 11.7. The van der Waals surface area contributed by atoms with E-state index in [0.717, 1.165) is 5.01 Å². The standard InChI is InChI=1S/C17H18N6O5S3/c1-3-10-18-8(22-28-10)4-9(24)19-11-15(25)23-12(17(26)27)7(5-30-16(11)23)13(29)14-21-20-6(2)31-14/h11,13,16,29H,3-5H2,1-2H3,(H,19,24)(H,26,27)/t11?,13?,16-/m1/s1. The summed E-state index contributed by atoms with van der Waals surface area (Å²) in [5.74, 6) is -1.17. The average molecular weight is 483 g/mol. The molecule has 0 radical (unpaired) electrons. The van der Waals surface area contributed by atoms with E-state index in [2.05, 4.69) is 38.3 Å². The summed E-state index contributed by atoms with van der Waals surface area (Å²) in [5.41, 5.74) is 0.364. The van der Waals surface area contributed by atoms with E-state index in [-0.39, 0.29) is 17.9 Å². The maximum Gasteiger partial charge on any atom is 0.352 e. The fourth-order valence-electron chi connectivity index (χ4n) is 3.30. The van der Waals surface area contributed by atoms with E-state index in [0.29, 0.717) is 28.6 Å². The van der Waals surface area contributed by atoms with Crippen LogP contribution in [0, 0.1) is 6.92 Å². The normalized spacial score (nSPS) is 21.5. The van der Waals surface area contributed by atoms with E-state index in [9.17, 15) is 19.5 Å². The van der Waals surface area contributed by atoms with Gasteiger partial charge in [0.05, 0.1) is 11.7 Å². The van der Waals surface area contributed by atoms with Crippen LogP contribution >= 0.6 is 35.7 Å². The first-order valence-electron chi connectivity index (χ1n) is 9.30. The number of β-lactam (4-membered cyclic amide) rings is 1. The Morgan fingerprint density at radius 3 is 2.81 bits per heavy atom. The molecule has 2 amide bonds. The maximum atomic E-state index is 12.8. The van der Waals surface area contributed by atoms with Gasteiger partial charge in [-0.15, -0.1) is 33.3 Å². The number of carboxylic acid groups (broad SMARTS) is 1. The molecule has 1 fully saturated rings.